The molecular weight excluding hydrogens is 868 g/mol. The predicted octanol–water partition coefficient (Wildman–Crippen LogP) is 12.4. The summed E-state index contributed by atoms with van der Waals surface area (Å²) in [6.07, 6.45) is 1.87. The minimum absolute atomic E-state index is 0. The molecule has 6 heteroatoms. The number of para-hydroxylation sites is 3. The minimum atomic E-state index is -0.0135. The maximum absolute atomic E-state index is 11.1. The van der Waals surface area contributed by atoms with Gasteiger partial charge in [-0.05, 0) is 83.1 Å². The van der Waals surface area contributed by atoms with Gasteiger partial charge in [0.15, 0.2) is 0 Å². The Kier molecular flexibility index (Phi) is 9.74. The van der Waals surface area contributed by atoms with Gasteiger partial charge in [0.2, 0.25) is 0 Å². The molecular formula is C50H39N4OPt-. The molecule has 5 nitrogen and oxygen atoms in total. The van der Waals surface area contributed by atoms with Gasteiger partial charge >= 0.3 is 0 Å². The summed E-state index contributed by atoms with van der Waals surface area (Å²) in [6, 6.07) is 55.4. The third kappa shape index (κ3) is 6.73. The Morgan fingerprint density at radius 3 is 2.02 bits per heavy atom. The first-order chi connectivity index (χ1) is 26.7. The van der Waals surface area contributed by atoms with Gasteiger partial charge in [-0.15, -0.1) is 24.3 Å². The average molecular weight is 907 g/mol. The zero-order valence-corrected chi connectivity index (χ0v) is 33.8. The van der Waals surface area contributed by atoms with E-state index in [2.05, 4.69) is 135 Å². The molecule has 0 aliphatic carbocycles. The molecule has 0 amide bonds. The molecule has 0 aliphatic rings. The van der Waals surface area contributed by atoms with Crippen molar-refractivity contribution in [2.75, 3.05) is 0 Å². The number of phenolic OH excluding ortho intramolecular Hbond substituents is 1. The van der Waals surface area contributed by atoms with Crippen LogP contribution in [0.4, 0.5) is 0 Å². The molecule has 0 spiro atoms. The van der Waals surface area contributed by atoms with E-state index in [1.165, 1.54) is 5.56 Å². The second-order valence-electron chi connectivity index (χ2n) is 15.0. The molecule has 0 fully saturated rings. The number of phenols is 1. The van der Waals surface area contributed by atoms with Crippen LogP contribution in [0.25, 0.3) is 83.6 Å². The second-order valence-corrected chi connectivity index (χ2v) is 15.0. The van der Waals surface area contributed by atoms with Crippen molar-refractivity contribution < 1.29 is 26.2 Å². The number of aryl methyl sites for hydroxylation is 1. The van der Waals surface area contributed by atoms with Crippen molar-refractivity contribution in [2.45, 2.75) is 33.1 Å². The number of hydrogen-bond acceptors (Lipinski definition) is 4. The van der Waals surface area contributed by atoms with E-state index in [0.717, 1.165) is 78.1 Å². The Morgan fingerprint density at radius 2 is 1.25 bits per heavy atom. The van der Waals surface area contributed by atoms with Gasteiger partial charge in [-0.3, -0.25) is 15.0 Å². The van der Waals surface area contributed by atoms with E-state index >= 15 is 0 Å². The molecule has 56 heavy (non-hydrogen) atoms. The Morgan fingerprint density at radius 1 is 0.589 bits per heavy atom. The Labute approximate surface area is 341 Å². The molecule has 9 rings (SSSR count). The number of aromatic hydroxyl groups is 1. The fourth-order valence-electron chi connectivity index (χ4n) is 7.52. The van der Waals surface area contributed by atoms with Gasteiger partial charge in [-0.25, -0.2) is 0 Å². The standard InChI is InChI=1S/C50H39N4O.Pt/c1-32-24-25-46-48(52-32)42-22-13-21-40(49(42)54(46)37-16-6-5-7-17-37)39-19-9-8-18-38(39)35-29-44(53-45(30-35)41-20-10-11-23-47(41)55)34-15-12-14-33(28-34)43-31-36(26-27-51-43)50(2,3)4;/h5-27,29-31,55H,1-4H3;/q-1;. The van der Waals surface area contributed by atoms with Crippen LogP contribution >= 0.6 is 0 Å². The van der Waals surface area contributed by atoms with Crippen LogP contribution in [0.3, 0.4) is 0 Å². The third-order valence-corrected chi connectivity index (χ3v) is 10.3. The van der Waals surface area contributed by atoms with Crippen LogP contribution in [0.1, 0.15) is 32.0 Å². The summed E-state index contributed by atoms with van der Waals surface area (Å²) in [5.74, 6) is 0.173. The minimum Gasteiger partial charge on any atom is -0.507 e. The van der Waals surface area contributed by atoms with E-state index < -0.39 is 0 Å². The number of fused-ring (bicyclic) bond motifs is 3. The predicted molar refractivity (Wildman–Crippen MR) is 225 cm³/mol. The molecule has 9 aromatic rings. The summed E-state index contributed by atoms with van der Waals surface area (Å²) in [7, 11) is 0. The normalized spacial score (nSPS) is 11.5. The molecule has 1 N–H and O–H groups in total. The molecule has 0 atom stereocenters. The molecule has 5 aromatic carbocycles. The van der Waals surface area contributed by atoms with Crippen LogP contribution in [0.2, 0.25) is 0 Å². The zero-order chi connectivity index (χ0) is 37.7. The Balaban J connectivity index is 0.00000441. The van der Waals surface area contributed by atoms with E-state index in [1.807, 2.05) is 55.6 Å². The number of nitrogens with zero attached hydrogens (tertiary/aromatic N) is 4. The molecule has 4 aromatic heterocycles. The van der Waals surface area contributed by atoms with Crippen LogP contribution in [0.15, 0.2) is 158 Å². The number of benzene rings is 5. The summed E-state index contributed by atoms with van der Waals surface area (Å²) in [4.78, 5) is 14.9. The van der Waals surface area contributed by atoms with Gasteiger partial charge in [0.1, 0.15) is 5.75 Å². The van der Waals surface area contributed by atoms with E-state index in [0.29, 0.717) is 11.3 Å². The molecule has 0 unspecified atom stereocenters. The van der Waals surface area contributed by atoms with Crippen molar-refractivity contribution in [3.63, 3.8) is 0 Å². The van der Waals surface area contributed by atoms with E-state index in [1.54, 1.807) is 6.07 Å². The molecule has 0 aliphatic heterocycles. The van der Waals surface area contributed by atoms with Crippen molar-refractivity contribution in [1.82, 2.24) is 19.5 Å². The second kappa shape index (κ2) is 14.8. The summed E-state index contributed by atoms with van der Waals surface area (Å²) in [6.45, 7) is 8.67. The zero-order valence-electron chi connectivity index (χ0n) is 31.6. The Hall–Kier alpha value is -6.16. The van der Waals surface area contributed by atoms with Crippen LogP contribution in [0.5, 0.6) is 5.75 Å². The first kappa shape index (κ1) is 36.8. The molecule has 0 saturated heterocycles. The molecule has 0 bridgehead atoms. The number of hydrogen-bond donors (Lipinski definition) is 1. The SMILES string of the molecule is Cc1ccc2c(n1)c1cccc(-c3ccccc3-c3cc(-c4[c-]c(-c5cc(C(C)(C)C)ccn5)ccc4)nc(-c4ccccc4O)c3)c1n2-c1ccccc1.[Pt]. The average Bonchev–Trinajstić information content (AvgIpc) is 3.54. The van der Waals surface area contributed by atoms with Crippen molar-refractivity contribution in [2.24, 2.45) is 0 Å². The van der Waals surface area contributed by atoms with E-state index in [-0.39, 0.29) is 32.2 Å². The Bertz CT molecular complexity index is 2890. The number of rotatable bonds is 6. The van der Waals surface area contributed by atoms with Crippen molar-refractivity contribution in [3.8, 4) is 67.5 Å². The third-order valence-electron chi connectivity index (χ3n) is 10.3. The molecule has 0 saturated carbocycles. The first-order valence-corrected chi connectivity index (χ1v) is 18.6. The largest absolute Gasteiger partial charge is 0.507 e. The van der Waals surface area contributed by atoms with Gasteiger partial charge in [0.25, 0.3) is 0 Å². The quantitative estimate of drug-likeness (QED) is 0.169. The van der Waals surface area contributed by atoms with Crippen LogP contribution < -0.4 is 0 Å². The maximum Gasteiger partial charge on any atom is 0.124 e. The van der Waals surface area contributed by atoms with Gasteiger partial charge in [-0.1, -0.05) is 117 Å². The fraction of sp³-hybridized carbons (Fsp3) is 0.100. The summed E-state index contributed by atoms with van der Waals surface area (Å²) in [5, 5.41) is 12.2. The van der Waals surface area contributed by atoms with Gasteiger partial charge < -0.3 is 9.67 Å². The van der Waals surface area contributed by atoms with Crippen molar-refractivity contribution in [1.29, 1.82) is 0 Å². The fourth-order valence-corrected chi connectivity index (χ4v) is 7.52. The maximum atomic E-state index is 11.1. The van der Waals surface area contributed by atoms with Crippen LogP contribution in [-0.4, -0.2) is 24.6 Å². The van der Waals surface area contributed by atoms with Crippen molar-refractivity contribution >= 4 is 21.9 Å². The molecule has 4 heterocycles. The van der Waals surface area contributed by atoms with Crippen LogP contribution in [-0.2, 0) is 26.5 Å². The summed E-state index contributed by atoms with van der Waals surface area (Å²) in [5.41, 5.74) is 15.2. The van der Waals surface area contributed by atoms with Gasteiger partial charge in [0, 0.05) is 66.5 Å². The van der Waals surface area contributed by atoms with E-state index in [4.69, 9.17) is 15.0 Å². The number of aromatic nitrogens is 4. The van der Waals surface area contributed by atoms with Gasteiger partial charge in [-0.2, -0.15) is 0 Å². The van der Waals surface area contributed by atoms with Crippen molar-refractivity contribution in [3.05, 3.63) is 175 Å². The summed E-state index contributed by atoms with van der Waals surface area (Å²) < 4.78 is 2.33. The molecule has 0 radical (unpaired) electrons. The smallest absolute Gasteiger partial charge is 0.124 e. The summed E-state index contributed by atoms with van der Waals surface area (Å²) >= 11 is 0. The first-order valence-electron chi connectivity index (χ1n) is 18.6. The molecule has 276 valence electrons. The van der Waals surface area contributed by atoms with E-state index in [9.17, 15) is 5.11 Å². The number of pyridine rings is 3. The van der Waals surface area contributed by atoms with Crippen LogP contribution in [0, 0.1) is 13.0 Å². The monoisotopic (exact) mass is 906 g/mol. The topological polar surface area (TPSA) is 63.8 Å². The van der Waals surface area contributed by atoms with Gasteiger partial charge in [0.05, 0.1) is 22.2 Å².